The minimum absolute atomic E-state index is 0.792. The normalized spacial score (nSPS) is 20.7. The lowest BCUT2D eigenvalue weighted by molar-refractivity contribution is 0.582. The van der Waals surface area contributed by atoms with E-state index >= 15 is 0 Å². The molecule has 2 N–H and O–H groups in total. The Morgan fingerprint density at radius 2 is 2.38 bits per heavy atom. The van der Waals surface area contributed by atoms with Crippen LogP contribution in [0, 0.1) is 12.8 Å². The number of aromatic amines is 1. The number of fused-ring (bicyclic) bond motifs is 1. The van der Waals surface area contributed by atoms with E-state index in [0.717, 1.165) is 18.0 Å². The van der Waals surface area contributed by atoms with Crippen molar-refractivity contribution in [3.05, 3.63) is 29.5 Å². The average Bonchev–Trinajstić information content (AvgIpc) is 2.90. The van der Waals surface area contributed by atoms with Gasteiger partial charge in [-0.2, -0.15) is 5.10 Å². The zero-order chi connectivity index (χ0) is 11.0. The van der Waals surface area contributed by atoms with Crippen LogP contribution in [0.4, 0.5) is 0 Å². The second kappa shape index (κ2) is 3.91. The molecule has 2 heterocycles. The van der Waals surface area contributed by atoms with Crippen LogP contribution in [-0.4, -0.2) is 23.3 Å². The lowest BCUT2D eigenvalue weighted by Gasteiger charge is -2.09. The van der Waals surface area contributed by atoms with Gasteiger partial charge in [-0.1, -0.05) is 12.1 Å². The van der Waals surface area contributed by atoms with E-state index in [1.807, 2.05) is 0 Å². The van der Waals surface area contributed by atoms with Crippen LogP contribution in [0.15, 0.2) is 18.2 Å². The third-order valence-corrected chi connectivity index (χ3v) is 3.52. The number of rotatable bonds is 2. The molecule has 1 aliphatic heterocycles. The molecule has 16 heavy (non-hydrogen) atoms. The van der Waals surface area contributed by atoms with Gasteiger partial charge in [0.05, 0.1) is 5.52 Å². The van der Waals surface area contributed by atoms with Gasteiger partial charge in [-0.05, 0) is 50.4 Å². The molecule has 3 rings (SSSR count). The highest BCUT2D eigenvalue weighted by Gasteiger charge is 2.17. The predicted octanol–water partition coefficient (Wildman–Crippen LogP) is 2.02. The summed E-state index contributed by atoms with van der Waals surface area (Å²) in [7, 11) is 0. The smallest absolute Gasteiger partial charge is 0.0926 e. The van der Waals surface area contributed by atoms with Gasteiger partial charge >= 0.3 is 0 Å². The van der Waals surface area contributed by atoms with Crippen molar-refractivity contribution in [2.24, 2.45) is 5.92 Å². The molecule has 2 aromatic rings. The van der Waals surface area contributed by atoms with Gasteiger partial charge in [0.25, 0.3) is 0 Å². The van der Waals surface area contributed by atoms with Crippen molar-refractivity contribution in [3.8, 4) is 0 Å². The number of hydrogen-bond acceptors (Lipinski definition) is 2. The van der Waals surface area contributed by atoms with Crippen molar-refractivity contribution < 1.29 is 0 Å². The molecule has 1 aromatic carbocycles. The summed E-state index contributed by atoms with van der Waals surface area (Å²) in [6.07, 6.45) is 2.47. The fourth-order valence-corrected chi connectivity index (χ4v) is 2.68. The summed E-state index contributed by atoms with van der Waals surface area (Å²) in [5.41, 5.74) is 3.73. The summed E-state index contributed by atoms with van der Waals surface area (Å²) in [4.78, 5) is 0. The van der Waals surface area contributed by atoms with Crippen molar-refractivity contribution in [1.82, 2.24) is 15.5 Å². The first kappa shape index (κ1) is 9.85. The van der Waals surface area contributed by atoms with Crippen molar-refractivity contribution in [2.75, 3.05) is 13.1 Å². The highest BCUT2D eigenvalue weighted by Crippen LogP contribution is 2.24. The molecule has 1 aliphatic rings. The summed E-state index contributed by atoms with van der Waals surface area (Å²) >= 11 is 0. The van der Waals surface area contributed by atoms with Crippen molar-refractivity contribution in [1.29, 1.82) is 0 Å². The summed E-state index contributed by atoms with van der Waals surface area (Å²) in [6.45, 7) is 4.43. The molecule has 84 valence electrons. The van der Waals surface area contributed by atoms with Gasteiger partial charge in [-0.3, -0.25) is 5.10 Å². The Balaban J connectivity index is 1.98. The zero-order valence-corrected chi connectivity index (χ0v) is 9.59. The van der Waals surface area contributed by atoms with Crippen molar-refractivity contribution in [3.63, 3.8) is 0 Å². The third kappa shape index (κ3) is 1.61. The monoisotopic (exact) mass is 215 g/mol. The third-order valence-electron chi connectivity index (χ3n) is 3.52. The van der Waals surface area contributed by atoms with E-state index in [1.165, 1.54) is 36.0 Å². The molecule has 0 aliphatic carbocycles. The summed E-state index contributed by atoms with van der Waals surface area (Å²) in [5, 5.41) is 12.1. The van der Waals surface area contributed by atoms with Gasteiger partial charge in [-0.25, -0.2) is 0 Å². The topological polar surface area (TPSA) is 40.7 Å². The second-order valence-electron chi connectivity index (χ2n) is 4.72. The Labute approximate surface area is 95.2 Å². The first-order chi connectivity index (χ1) is 7.84. The number of benzene rings is 1. The van der Waals surface area contributed by atoms with Crippen LogP contribution < -0.4 is 5.32 Å². The van der Waals surface area contributed by atoms with Crippen LogP contribution in [0.3, 0.4) is 0 Å². The number of aryl methyl sites for hydroxylation is 1. The molecule has 0 saturated carbocycles. The fraction of sp³-hybridized carbons (Fsp3) is 0.462. The molecule has 1 atom stereocenters. The maximum absolute atomic E-state index is 4.31. The van der Waals surface area contributed by atoms with Gasteiger partial charge in [-0.15, -0.1) is 0 Å². The number of nitrogens with one attached hydrogen (secondary N) is 2. The van der Waals surface area contributed by atoms with Crippen LogP contribution in [-0.2, 0) is 6.42 Å². The van der Waals surface area contributed by atoms with Gasteiger partial charge in [0.15, 0.2) is 0 Å². The maximum Gasteiger partial charge on any atom is 0.0926 e. The Kier molecular flexibility index (Phi) is 2.40. The van der Waals surface area contributed by atoms with Gasteiger partial charge in [0.1, 0.15) is 0 Å². The summed E-state index contributed by atoms with van der Waals surface area (Å²) in [5.74, 6) is 0.792. The standard InChI is InChI=1S/C13H17N3/c1-9-13-11(7-10-5-6-14-8-10)3-2-4-12(13)16-15-9/h2-4,10,14H,5-8H2,1H3,(H,15,16). The van der Waals surface area contributed by atoms with E-state index in [0.29, 0.717) is 0 Å². The first-order valence-corrected chi connectivity index (χ1v) is 5.98. The number of hydrogen-bond donors (Lipinski definition) is 2. The fourth-order valence-electron chi connectivity index (χ4n) is 2.68. The molecule has 0 radical (unpaired) electrons. The molecule has 1 fully saturated rings. The maximum atomic E-state index is 4.31. The van der Waals surface area contributed by atoms with Crippen LogP contribution in [0.2, 0.25) is 0 Å². The molecule has 0 spiro atoms. The Morgan fingerprint density at radius 1 is 1.44 bits per heavy atom. The Hall–Kier alpha value is -1.35. The van der Waals surface area contributed by atoms with Gasteiger partial charge in [0.2, 0.25) is 0 Å². The molecule has 0 bridgehead atoms. The molecule has 1 saturated heterocycles. The van der Waals surface area contributed by atoms with E-state index in [1.54, 1.807) is 0 Å². The average molecular weight is 215 g/mol. The molecule has 1 aromatic heterocycles. The van der Waals surface area contributed by atoms with Crippen LogP contribution >= 0.6 is 0 Å². The van der Waals surface area contributed by atoms with E-state index in [2.05, 4.69) is 40.6 Å². The quantitative estimate of drug-likeness (QED) is 0.804. The largest absolute Gasteiger partial charge is 0.316 e. The van der Waals surface area contributed by atoms with Crippen molar-refractivity contribution in [2.45, 2.75) is 19.8 Å². The molecule has 3 heteroatoms. The van der Waals surface area contributed by atoms with E-state index < -0.39 is 0 Å². The minimum atomic E-state index is 0.792. The molecule has 1 unspecified atom stereocenters. The lowest BCUT2D eigenvalue weighted by Crippen LogP contribution is -2.10. The van der Waals surface area contributed by atoms with E-state index in [-0.39, 0.29) is 0 Å². The van der Waals surface area contributed by atoms with Crippen LogP contribution in [0.1, 0.15) is 17.7 Å². The number of nitrogens with zero attached hydrogens (tertiary/aromatic N) is 1. The lowest BCUT2D eigenvalue weighted by atomic mass is 9.95. The van der Waals surface area contributed by atoms with Gasteiger partial charge in [0, 0.05) is 11.1 Å². The second-order valence-corrected chi connectivity index (χ2v) is 4.72. The minimum Gasteiger partial charge on any atom is -0.316 e. The van der Waals surface area contributed by atoms with Gasteiger partial charge < -0.3 is 5.32 Å². The highest BCUT2D eigenvalue weighted by atomic mass is 15.1. The van der Waals surface area contributed by atoms with Crippen molar-refractivity contribution >= 4 is 10.9 Å². The molecule has 3 nitrogen and oxygen atoms in total. The Bertz CT molecular complexity index is 495. The summed E-state index contributed by atoms with van der Waals surface area (Å²) < 4.78 is 0. The molecular weight excluding hydrogens is 198 g/mol. The highest BCUT2D eigenvalue weighted by molar-refractivity contribution is 5.84. The van der Waals surface area contributed by atoms with Crippen LogP contribution in [0.25, 0.3) is 10.9 Å². The Morgan fingerprint density at radius 3 is 3.19 bits per heavy atom. The SMILES string of the molecule is Cc1[nH]nc2cccc(CC3CCNC3)c12. The first-order valence-electron chi connectivity index (χ1n) is 5.98. The van der Waals surface area contributed by atoms with E-state index in [4.69, 9.17) is 0 Å². The van der Waals surface area contributed by atoms with E-state index in [9.17, 15) is 0 Å². The molecule has 0 amide bonds. The number of H-pyrrole nitrogens is 1. The number of aromatic nitrogens is 2. The zero-order valence-electron chi connectivity index (χ0n) is 9.59. The van der Waals surface area contributed by atoms with Crippen LogP contribution in [0.5, 0.6) is 0 Å². The molecular formula is C13H17N3. The summed E-state index contributed by atoms with van der Waals surface area (Å²) in [6, 6.07) is 6.43. The predicted molar refractivity (Wildman–Crippen MR) is 65.5 cm³/mol.